The molecule has 29 heavy (non-hydrogen) atoms. The summed E-state index contributed by atoms with van der Waals surface area (Å²) in [6.45, 7) is 1.89. The number of hydrogen-bond donors (Lipinski definition) is 2. The van der Waals surface area contributed by atoms with E-state index in [2.05, 4.69) is 20.6 Å². The number of benzene rings is 1. The highest BCUT2D eigenvalue weighted by molar-refractivity contribution is 5.94. The Bertz CT molecular complexity index is 926. The molecule has 1 aliphatic rings. The molecule has 7 heteroatoms. The average Bonchev–Trinajstić information content (AvgIpc) is 3.43. The summed E-state index contributed by atoms with van der Waals surface area (Å²) in [5, 5.41) is 5.58. The zero-order chi connectivity index (χ0) is 20.6. The fourth-order valence-corrected chi connectivity index (χ4v) is 3.31. The maximum absolute atomic E-state index is 11.5. The van der Waals surface area contributed by atoms with Crippen LogP contribution in [0.2, 0.25) is 0 Å². The van der Waals surface area contributed by atoms with Crippen LogP contribution in [0.5, 0.6) is 0 Å². The standard InChI is InChI=1S/C14H12N4O.C8H15NO/c1-15-13(19)11-5-3-10(4-6-11)12-9-18-8-2-7-16-14(18)17-12;1-2-8(10)9-7-5-3-4-6-7/h2-9H,1H3,(H,15,19);7H,2-6H2,1H3,(H,9,10). The summed E-state index contributed by atoms with van der Waals surface area (Å²) in [6, 6.07) is 9.68. The molecule has 0 radical (unpaired) electrons. The Morgan fingerprint density at radius 2 is 1.90 bits per heavy atom. The van der Waals surface area contributed by atoms with Gasteiger partial charge >= 0.3 is 0 Å². The van der Waals surface area contributed by atoms with E-state index < -0.39 is 0 Å². The third-order valence-electron chi connectivity index (χ3n) is 4.95. The Kier molecular flexibility index (Phi) is 6.94. The molecule has 2 heterocycles. The van der Waals surface area contributed by atoms with Gasteiger partial charge in [0.2, 0.25) is 11.7 Å². The van der Waals surface area contributed by atoms with Gasteiger partial charge in [-0.25, -0.2) is 9.97 Å². The highest BCUT2D eigenvalue weighted by Gasteiger charge is 2.15. The first-order valence-corrected chi connectivity index (χ1v) is 10.0. The lowest BCUT2D eigenvalue weighted by atomic mass is 10.1. The van der Waals surface area contributed by atoms with Crippen molar-refractivity contribution in [2.75, 3.05) is 7.05 Å². The molecule has 152 valence electrons. The van der Waals surface area contributed by atoms with Gasteiger partial charge < -0.3 is 10.6 Å². The van der Waals surface area contributed by atoms with Gasteiger partial charge in [0.1, 0.15) is 0 Å². The number of hydrogen-bond acceptors (Lipinski definition) is 4. The molecule has 2 amide bonds. The molecule has 1 saturated carbocycles. The fourth-order valence-electron chi connectivity index (χ4n) is 3.31. The minimum atomic E-state index is -0.0942. The molecule has 7 nitrogen and oxygen atoms in total. The quantitative estimate of drug-likeness (QED) is 0.712. The SMILES string of the molecule is CCC(=O)NC1CCCC1.CNC(=O)c1ccc(-c2cn3cccnc3n2)cc1. The van der Waals surface area contributed by atoms with E-state index >= 15 is 0 Å². The van der Waals surface area contributed by atoms with Crippen LogP contribution in [-0.4, -0.2) is 39.3 Å². The van der Waals surface area contributed by atoms with E-state index in [9.17, 15) is 9.59 Å². The van der Waals surface area contributed by atoms with Crippen LogP contribution in [0.1, 0.15) is 49.4 Å². The Hall–Kier alpha value is -3.22. The van der Waals surface area contributed by atoms with Gasteiger partial charge in [-0.15, -0.1) is 0 Å². The Labute approximate surface area is 170 Å². The van der Waals surface area contributed by atoms with Gasteiger partial charge in [0.25, 0.3) is 5.91 Å². The number of amides is 2. The Balaban J connectivity index is 0.000000204. The maximum atomic E-state index is 11.5. The van der Waals surface area contributed by atoms with Crippen molar-refractivity contribution in [2.24, 2.45) is 0 Å². The van der Waals surface area contributed by atoms with E-state index in [1.807, 2.05) is 41.9 Å². The van der Waals surface area contributed by atoms with Crippen LogP contribution in [0.3, 0.4) is 0 Å². The van der Waals surface area contributed by atoms with E-state index in [1.165, 1.54) is 25.7 Å². The molecule has 2 aromatic heterocycles. The zero-order valence-corrected chi connectivity index (χ0v) is 16.9. The number of carbonyl (C=O) groups excluding carboxylic acids is 2. The van der Waals surface area contributed by atoms with Gasteiger partial charge in [0, 0.05) is 49.2 Å². The summed E-state index contributed by atoms with van der Waals surface area (Å²) in [5.41, 5.74) is 2.42. The largest absolute Gasteiger partial charge is 0.355 e. The lowest BCUT2D eigenvalue weighted by Gasteiger charge is -2.09. The number of aromatic nitrogens is 3. The van der Waals surface area contributed by atoms with Crippen molar-refractivity contribution in [1.82, 2.24) is 25.0 Å². The van der Waals surface area contributed by atoms with E-state index in [-0.39, 0.29) is 11.8 Å². The molecule has 0 aliphatic heterocycles. The van der Waals surface area contributed by atoms with Crippen molar-refractivity contribution in [3.8, 4) is 11.3 Å². The second-order valence-corrected chi connectivity index (χ2v) is 7.01. The van der Waals surface area contributed by atoms with Crippen molar-refractivity contribution in [3.05, 3.63) is 54.5 Å². The molecule has 0 unspecified atom stereocenters. The highest BCUT2D eigenvalue weighted by Crippen LogP contribution is 2.19. The van der Waals surface area contributed by atoms with Crippen molar-refractivity contribution in [1.29, 1.82) is 0 Å². The number of imidazole rings is 1. The van der Waals surface area contributed by atoms with Crippen LogP contribution in [-0.2, 0) is 4.79 Å². The Morgan fingerprint density at radius 1 is 1.17 bits per heavy atom. The molecular formula is C22H27N5O2. The number of nitrogens with zero attached hydrogens (tertiary/aromatic N) is 3. The average molecular weight is 393 g/mol. The molecule has 0 saturated heterocycles. The minimum Gasteiger partial charge on any atom is -0.355 e. The molecular weight excluding hydrogens is 366 g/mol. The Morgan fingerprint density at radius 3 is 2.52 bits per heavy atom. The molecule has 0 bridgehead atoms. The maximum Gasteiger partial charge on any atom is 0.251 e. The second kappa shape index (κ2) is 9.82. The first kappa shape index (κ1) is 20.5. The second-order valence-electron chi connectivity index (χ2n) is 7.01. The summed E-state index contributed by atoms with van der Waals surface area (Å²) < 4.78 is 1.86. The topological polar surface area (TPSA) is 88.4 Å². The molecule has 1 aromatic carbocycles. The zero-order valence-electron chi connectivity index (χ0n) is 16.9. The lowest BCUT2D eigenvalue weighted by Crippen LogP contribution is -2.31. The number of rotatable bonds is 4. The van der Waals surface area contributed by atoms with E-state index in [0.717, 1.165) is 11.3 Å². The molecule has 0 spiro atoms. The summed E-state index contributed by atoms with van der Waals surface area (Å²) in [6.07, 6.45) is 11.1. The van der Waals surface area contributed by atoms with Crippen LogP contribution >= 0.6 is 0 Å². The molecule has 0 atom stereocenters. The van der Waals surface area contributed by atoms with E-state index in [0.29, 0.717) is 23.8 Å². The van der Waals surface area contributed by atoms with E-state index in [4.69, 9.17) is 0 Å². The summed E-state index contributed by atoms with van der Waals surface area (Å²) in [7, 11) is 1.62. The molecule has 2 N–H and O–H groups in total. The highest BCUT2D eigenvalue weighted by atomic mass is 16.2. The van der Waals surface area contributed by atoms with Crippen LogP contribution in [0, 0.1) is 0 Å². The van der Waals surface area contributed by atoms with Gasteiger partial charge in [-0.3, -0.25) is 14.0 Å². The predicted molar refractivity (Wildman–Crippen MR) is 113 cm³/mol. The van der Waals surface area contributed by atoms with Gasteiger partial charge in [-0.05, 0) is 31.0 Å². The molecule has 3 aromatic rings. The van der Waals surface area contributed by atoms with Crippen molar-refractivity contribution in [3.63, 3.8) is 0 Å². The van der Waals surface area contributed by atoms with E-state index in [1.54, 1.807) is 25.4 Å². The number of nitrogens with one attached hydrogen (secondary N) is 2. The lowest BCUT2D eigenvalue weighted by molar-refractivity contribution is -0.121. The monoisotopic (exact) mass is 393 g/mol. The third-order valence-corrected chi connectivity index (χ3v) is 4.95. The van der Waals surface area contributed by atoms with Gasteiger partial charge in [0.15, 0.2) is 0 Å². The summed E-state index contributed by atoms with van der Waals surface area (Å²) in [5.74, 6) is 0.767. The van der Waals surface area contributed by atoms with Gasteiger partial charge in [-0.2, -0.15) is 0 Å². The predicted octanol–water partition coefficient (Wildman–Crippen LogP) is 3.21. The van der Waals surface area contributed by atoms with Crippen LogP contribution in [0.4, 0.5) is 0 Å². The van der Waals surface area contributed by atoms with Crippen LogP contribution in [0.15, 0.2) is 48.9 Å². The van der Waals surface area contributed by atoms with Crippen LogP contribution < -0.4 is 10.6 Å². The third kappa shape index (κ3) is 5.40. The fraction of sp³-hybridized carbons (Fsp3) is 0.364. The van der Waals surface area contributed by atoms with Crippen molar-refractivity contribution < 1.29 is 9.59 Å². The van der Waals surface area contributed by atoms with Crippen molar-refractivity contribution >= 4 is 17.6 Å². The summed E-state index contributed by atoms with van der Waals surface area (Å²) >= 11 is 0. The number of fused-ring (bicyclic) bond motifs is 1. The molecule has 1 aliphatic carbocycles. The molecule has 1 fully saturated rings. The minimum absolute atomic E-state index is 0.0942. The number of carbonyl (C=O) groups is 2. The van der Waals surface area contributed by atoms with Crippen molar-refractivity contribution in [2.45, 2.75) is 45.1 Å². The normalized spacial score (nSPS) is 13.6. The first-order chi connectivity index (χ1) is 14.1. The molecule has 4 rings (SSSR count). The van der Waals surface area contributed by atoms with Crippen LogP contribution in [0.25, 0.3) is 17.0 Å². The van der Waals surface area contributed by atoms with Gasteiger partial charge in [0.05, 0.1) is 5.69 Å². The summed E-state index contributed by atoms with van der Waals surface area (Å²) in [4.78, 5) is 30.9. The smallest absolute Gasteiger partial charge is 0.251 e. The first-order valence-electron chi connectivity index (χ1n) is 10.0. The van der Waals surface area contributed by atoms with Gasteiger partial charge in [-0.1, -0.05) is 31.9 Å².